The molecule has 0 unspecified atom stereocenters. The number of hydrogen-bond acceptors (Lipinski definition) is 3. The predicted molar refractivity (Wildman–Crippen MR) is 58.6 cm³/mol. The lowest BCUT2D eigenvalue weighted by atomic mass is 10.3. The average Bonchev–Trinajstić information content (AvgIpc) is 2.76. The molecular formula is C10H15N5. The number of rotatable bonds is 3. The summed E-state index contributed by atoms with van der Waals surface area (Å²) in [6.07, 6.45) is 3.49. The van der Waals surface area contributed by atoms with Crippen molar-refractivity contribution in [3.63, 3.8) is 0 Å². The Balaban J connectivity index is 2.11. The molecule has 2 rings (SSSR count). The van der Waals surface area contributed by atoms with Gasteiger partial charge in [-0.25, -0.2) is 4.98 Å². The van der Waals surface area contributed by atoms with Gasteiger partial charge in [-0.3, -0.25) is 4.68 Å². The van der Waals surface area contributed by atoms with Gasteiger partial charge >= 0.3 is 0 Å². The van der Waals surface area contributed by atoms with Gasteiger partial charge in [0.15, 0.2) is 0 Å². The lowest BCUT2D eigenvalue weighted by molar-refractivity contribution is 0.731. The summed E-state index contributed by atoms with van der Waals surface area (Å²) in [6, 6.07) is 0. The van der Waals surface area contributed by atoms with Crippen molar-refractivity contribution in [2.45, 2.75) is 20.4 Å². The van der Waals surface area contributed by atoms with Crippen LogP contribution in [-0.2, 0) is 13.6 Å². The first kappa shape index (κ1) is 9.76. The normalized spacial score (nSPS) is 10.6. The van der Waals surface area contributed by atoms with Crippen LogP contribution in [0.2, 0.25) is 0 Å². The van der Waals surface area contributed by atoms with Crippen molar-refractivity contribution < 1.29 is 0 Å². The highest BCUT2D eigenvalue weighted by atomic mass is 15.3. The van der Waals surface area contributed by atoms with E-state index in [2.05, 4.69) is 27.3 Å². The second kappa shape index (κ2) is 3.76. The fourth-order valence-corrected chi connectivity index (χ4v) is 1.59. The summed E-state index contributed by atoms with van der Waals surface area (Å²) in [5, 5.41) is 7.69. The number of nitrogens with one attached hydrogen (secondary N) is 2. The maximum Gasteiger partial charge on any atom is 0.0922 e. The summed E-state index contributed by atoms with van der Waals surface area (Å²) in [6.45, 7) is 4.80. The highest BCUT2D eigenvalue weighted by molar-refractivity contribution is 5.51. The number of hydrogen-bond donors (Lipinski definition) is 2. The predicted octanol–water partition coefficient (Wildman–Crippen LogP) is 1.37. The van der Waals surface area contributed by atoms with E-state index in [1.807, 2.05) is 24.9 Å². The second-order valence-corrected chi connectivity index (χ2v) is 3.60. The topological polar surface area (TPSA) is 58.5 Å². The van der Waals surface area contributed by atoms with Gasteiger partial charge in [0.2, 0.25) is 0 Å². The molecule has 0 amide bonds. The van der Waals surface area contributed by atoms with Crippen LogP contribution in [0.25, 0.3) is 0 Å². The van der Waals surface area contributed by atoms with E-state index in [1.165, 1.54) is 0 Å². The Kier molecular flexibility index (Phi) is 2.45. The molecule has 0 aliphatic carbocycles. The molecule has 0 aromatic carbocycles. The number of nitrogens with zero attached hydrogens (tertiary/aromatic N) is 3. The molecule has 0 aliphatic heterocycles. The SMILES string of the molecule is Cc1nn(C)c(C)c1NCc1cnc[nH]1. The third-order valence-electron chi connectivity index (χ3n) is 2.52. The van der Waals surface area contributed by atoms with Gasteiger partial charge in [-0.15, -0.1) is 0 Å². The van der Waals surface area contributed by atoms with Gasteiger partial charge in [-0.1, -0.05) is 0 Å². The van der Waals surface area contributed by atoms with Crippen molar-refractivity contribution in [3.8, 4) is 0 Å². The number of imidazole rings is 1. The Hall–Kier alpha value is -1.78. The van der Waals surface area contributed by atoms with Crippen LogP contribution < -0.4 is 5.32 Å². The van der Waals surface area contributed by atoms with Crippen LogP contribution in [0.4, 0.5) is 5.69 Å². The molecule has 0 fully saturated rings. The third-order valence-corrected chi connectivity index (χ3v) is 2.52. The summed E-state index contributed by atoms with van der Waals surface area (Å²) < 4.78 is 1.88. The Bertz CT molecular complexity index is 441. The van der Waals surface area contributed by atoms with E-state index in [0.29, 0.717) is 0 Å². The van der Waals surface area contributed by atoms with Crippen molar-refractivity contribution in [1.82, 2.24) is 19.7 Å². The van der Waals surface area contributed by atoms with Crippen molar-refractivity contribution in [3.05, 3.63) is 29.6 Å². The van der Waals surface area contributed by atoms with Crippen molar-refractivity contribution >= 4 is 5.69 Å². The molecule has 2 aromatic rings. The van der Waals surface area contributed by atoms with E-state index < -0.39 is 0 Å². The number of H-pyrrole nitrogens is 1. The second-order valence-electron chi connectivity index (χ2n) is 3.60. The summed E-state index contributed by atoms with van der Waals surface area (Å²) in [4.78, 5) is 7.02. The highest BCUT2D eigenvalue weighted by Crippen LogP contribution is 2.18. The van der Waals surface area contributed by atoms with Gasteiger partial charge in [-0.2, -0.15) is 5.10 Å². The lowest BCUT2D eigenvalue weighted by Crippen LogP contribution is -2.01. The molecule has 0 saturated carbocycles. The lowest BCUT2D eigenvalue weighted by Gasteiger charge is -2.04. The largest absolute Gasteiger partial charge is 0.376 e. The van der Waals surface area contributed by atoms with E-state index in [9.17, 15) is 0 Å². The van der Waals surface area contributed by atoms with Crippen LogP contribution in [0.3, 0.4) is 0 Å². The molecule has 5 nitrogen and oxygen atoms in total. The minimum atomic E-state index is 0.743. The molecule has 0 atom stereocenters. The van der Waals surface area contributed by atoms with E-state index in [0.717, 1.165) is 29.3 Å². The third kappa shape index (κ3) is 1.86. The smallest absolute Gasteiger partial charge is 0.0922 e. The van der Waals surface area contributed by atoms with Gasteiger partial charge in [0.25, 0.3) is 0 Å². The monoisotopic (exact) mass is 205 g/mol. The molecule has 0 spiro atoms. The van der Waals surface area contributed by atoms with E-state index in [4.69, 9.17) is 0 Å². The molecule has 2 heterocycles. The van der Waals surface area contributed by atoms with Crippen molar-refractivity contribution in [1.29, 1.82) is 0 Å². The van der Waals surface area contributed by atoms with Gasteiger partial charge in [0.1, 0.15) is 0 Å². The quantitative estimate of drug-likeness (QED) is 0.795. The summed E-state index contributed by atoms with van der Waals surface area (Å²) in [5.74, 6) is 0. The van der Waals surface area contributed by atoms with Crippen molar-refractivity contribution in [2.75, 3.05) is 5.32 Å². The summed E-state index contributed by atoms with van der Waals surface area (Å²) in [5.41, 5.74) is 4.34. The average molecular weight is 205 g/mol. The minimum Gasteiger partial charge on any atom is -0.376 e. The molecule has 0 bridgehead atoms. The zero-order chi connectivity index (χ0) is 10.8. The Morgan fingerprint density at radius 3 is 2.80 bits per heavy atom. The fourth-order valence-electron chi connectivity index (χ4n) is 1.59. The van der Waals surface area contributed by atoms with Gasteiger partial charge in [0.05, 0.1) is 35.6 Å². The van der Waals surface area contributed by atoms with Crippen molar-refractivity contribution in [2.24, 2.45) is 7.05 Å². The standard InChI is InChI=1S/C10H15N5/c1-7-10(8(2)15(3)14-7)12-5-9-4-11-6-13-9/h4,6,12H,5H2,1-3H3,(H,11,13). The Morgan fingerprint density at radius 2 is 2.27 bits per heavy atom. The maximum absolute atomic E-state index is 4.34. The number of anilines is 1. The first-order chi connectivity index (χ1) is 7.18. The van der Waals surface area contributed by atoms with Crippen LogP contribution in [0.5, 0.6) is 0 Å². The Morgan fingerprint density at radius 1 is 1.47 bits per heavy atom. The van der Waals surface area contributed by atoms with Crippen LogP contribution in [0.15, 0.2) is 12.5 Å². The van der Waals surface area contributed by atoms with E-state index in [-0.39, 0.29) is 0 Å². The number of aryl methyl sites for hydroxylation is 2. The molecule has 2 N–H and O–H groups in total. The molecular weight excluding hydrogens is 190 g/mol. The molecule has 15 heavy (non-hydrogen) atoms. The van der Waals surface area contributed by atoms with E-state index >= 15 is 0 Å². The zero-order valence-corrected chi connectivity index (χ0v) is 9.20. The van der Waals surface area contributed by atoms with E-state index in [1.54, 1.807) is 6.33 Å². The molecule has 2 aromatic heterocycles. The van der Waals surface area contributed by atoms with Gasteiger partial charge in [-0.05, 0) is 13.8 Å². The summed E-state index contributed by atoms with van der Waals surface area (Å²) in [7, 11) is 1.95. The molecule has 0 aliphatic rings. The molecule has 80 valence electrons. The van der Waals surface area contributed by atoms with Crippen LogP contribution in [-0.4, -0.2) is 19.7 Å². The number of aromatic amines is 1. The first-order valence-electron chi connectivity index (χ1n) is 4.90. The minimum absolute atomic E-state index is 0.743. The molecule has 0 saturated heterocycles. The van der Waals surface area contributed by atoms with Crippen LogP contribution in [0, 0.1) is 13.8 Å². The number of aromatic nitrogens is 4. The Labute approximate surface area is 88.5 Å². The zero-order valence-electron chi connectivity index (χ0n) is 9.20. The maximum atomic E-state index is 4.34. The van der Waals surface area contributed by atoms with Crippen LogP contribution in [0.1, 0.15) is 17.1 Å². The van der Waals surface area contributed by atoms with Gasteiger partial charge < -0.3 is 10.3 Å². The first-order valence-corrected chi connectivity index (χ1v) is 4.90. The molecule has 5 heteroatoms. The fraction of sp³-hybridized carbons (Fsp3) is 0.400. The summed E-state index contributed by atoms with van der Waals surface area (Å²) >= 11 is 0. The molecule has 0 radical (unpaired) electrons. The van der Waals surface area contributed by atoms with Gasteiger partial charge in [0, 0.05) is 13.2 Å². The van der Waals surface area contributed by atoms with Crippen LogP contribution >= 0.6 is 0 Å². The highest BCUT2D eigenvalue weighted by Gasteiger charge is 2.08.